The first-order valence-electron chi connectivity index (χ1n) is 5.38. The molecule has 0 atom stereocenters. The van der Waals surface area contributed by atoms with E-state index >= 15 is 0 Å². The quantitative estimate of drug-likeness (QED) is 0.429. The van der Waals surface area contributed by atoms with Crippen molar-refractivity contribution in [3.8, 4) is 0 Å². The molecule has 9 nitrogen and oxygen atoms in total. The van der Waals surface area contributed by atoms with Crippen LogP contribution >= 0.6 is 0 Å². The minimum Gasteiger partial charge on any atom is -0.257 e. The molecule has 0 radical (unpaired) electrons. The van der Waals surface area contributed by atoms with Gasteiger partial charge < -0.3 is 0 Å². The zero-order valence-corrected chi connectivity index (χ0v) is 11.0. The third-order valence-corrected chi connectivity index (χ3v) is 2.23. The Bertz CT molecular complexity index is 361. The summed E-state index contributed by atoms with van der Waals surface area (Å²) in [6, 6.07) is 0. The lowest BCUT2D eigenvalue weighted by molar-refractivity contribution is -0.853. The molecule has 0 bridgehead atoms. The van der Waals surface area contributed by atoms with Crippen LogP contribution in [0.15, 0.2) is 0 Å². The molecule has 0 spiro atoms. The van der Waals surface area contributed by atoms with Crippen molar-refractivity contribution in [1.82, 2.24) is 5.23 Å². The molecule has 0 amide bonds. The maximum Gasteiger partial charge on any atom is 0.569 e. The Morgan fingerprint density at radius 2 is 1.67 bits per heavy atom. The largest absolute Gasteiger partial charge is 0.569 e. The highest BCUT2D eigenvalue weighted by Gasteiger charge is 2.73. The van der Waals surface area contributed by atoms with E-state index in [1.165, 1.54) is 13.8 Å². The number of hydrogen-bond acceptors (Lipinski definition) is 7. The van der Waals surface area contributed by atoms with Crippen LogP contribution in [0.2, 0.25) is 0 Å². The van der Waals surface area contributed by atoms with Gasteiger partial charge in [-0.1, -0.05) is 0 Å². The van der Waals surface area contributed by atoms with Crippen LogP contribution < -0.4 is 0 Å². The van der Waals surface area contributed by atoms with Gasteiger partial charge in [0.1, 0.15) is 21.9 Å². The van der Waals surface area contributed by atoms with Gasteiger partial charge in [0.15, 0.2) is 0 Å². The lowest BCUT2D eigenvalue weighted by Crippen LogP contribution is -2.57. The predicted molar refractivity (Wildman–Crippen MR) is 59.2 cm³/mol. The van der Waals surface area contributed by atoms with Gasteiger partial charge >= 0.3 is 5.79 Å². The van der Waals surface area contributed by atoms with Crippen LogP contribution in [0, 0.1) is 20.2 Å². The maximum atomic E-state index is 11.1. The van der Waals surface area contributed by atoms with Gasteiger partial charge in [0.05, 0.1) is 10.8 Å². The standard InChI is InChI=1S/C9H17N3O6/c1-7(2,3)17-12-9(10(13)14,11(15)16)6-8(4,5)18-12/h6H2,1-5H3. The molecule has 0 aliphatic carbocycles. The first kappa shape index (κ1) is 14.7. The zero-order valence-electron chi connectivity index (χ0n) is 11.0. The Morgan fingerprint density at radius 3 is 2.00 bits per heavy atom. The van der Waals surface area contributed by atoms with Crippen LogP contribution in [0.3, 0.4) is 0 Å². The molecular weight excluding hydrogens is 246 g/mol. The lowest BCUT2D eigenvalue weighted by atomic mass is 10.0. The van der Waals surface area contributed by atoms with Crippen molar-refractivity contribution < 1.29 is 19.5 Å². The summed E-state index contributed by atoms with van der Waals surface area (Å²) in [4.78, 5) is 30.6. The summed E-state index contributed by atoms with van der Waals surface area (Å²) < 4.78 is 0. The Hall–Kier alpha value is -1.32. The predicted octanol–water partition coefficient (Wildman–Crippen LogP) is 1.34. The van der Waals surface area contributed by atoms with E-state index in [0.29, 0.717) is 5.23 Å². The molecule has 18 heavy (non-hydrogen) atoms. The second-order valence-electron chi connectivity index (χ2n) is 5.78. The molecule has 0 aromatic rings. The number of rotatable bonds is 3. The van der Waals surface area contributed by atoms with Gasteiger partial charge in [-0.2, -0.15) is 0 Å². The molecule has 1 aliphatic rings. The topological polar surface area (TPSA) is 108 Å². The molecular formula is C9H17N3O6. The summed E-state index contributed by atoms with van der Waals surface area (Å²) in [7, 11) is 0. The molecule has 0 unspecified atom stereocenters. The van der Waals surface area contributed by atoms with Crippen molar-refractivity contribution in [3.63, 3.8) is 0 Å². The van der Waals surface area contributed by atoms with E-state index in [1.807, 2.05) is 0 Å². The van der Waals surface area contributed by atoms with Gasteiger partial charge in [-0.3, -0.25) is 29.9 Å². The van der Waals surface area contributed by atoms with Crippen molar-refractivity contribution >= 4 is 0 Å². The van der Waals surface area contributed by atoms with E-state index in [0.717, 1.165) is 0 Å². The molecule has 0 aromatic carbocycles. The molecule has 0 aromatic heterocycles. The third-order valence-electron chi connectivity index (χ3n) is 2.23. The monoisotopic (exact) mass is 263 g/mol. The van der Waals surface area contributed by atoms with Crippen molar-refractivity contribution in [2.45, 2.75) is 58.0 Å². The molecule has 1 aliphatic heterocycles. The van der Waals surface area contributed by atoms with E-state index in [1.54, 1.807) is 20.8 Å². The fourth-order valence-electron chi connectivity index (χ4n) is 1.64. The van der Waals surface area contributed by atoms with Crippen LogP contribution in [0.4, 0.5) is 0 Å². The summed E-state index contributed by atoms with van der Waals surface area (Å²) in [6.45, 7) is 7.91. The molecule has 0 N–H and O–H groups in total. The summed E-state index contributed by atoms with van der Waals surface area (Å²) >= 11 is 0. The molecule has 9 heteroatoms. The molecule has 0 saturated carbocycles. The van der Waals surface area contributed by atoms with Gasteiger partial charge in [0.25, 0.3) is 0 Å². The number of nitro groups is 2. The van der Waals surface area contributed by atoms with Gasteiger partial charge in [-0.15, -0.1) is 0 Å². The summed E-state index contributed by atoms with van der Waals surface area (Å²) in [6.07, 6.45) is -0.407. The van der Waals surface area contributed by atoms with Gasteiger partial charge in [-0.05, 0) is 34.6 Å². The molecule has 1 heterocycles. The second-order valence-corrected chi connectivity index (χ2v) is 5.78. The maximum absolute atomic E-state index is 11.1. The molecule has 1 fully saturated rings. The minimum atomic E-state index is -2.61. The molecule has 104 valence electrons. The van der Waals surface area contributed by atoms with Crippen molar-refractivity contribution in [2.75, 3.05) is 0 Å². The van der Waals surface area contributed by atoms with Crippen molar-refractivity contribution in [1.29, 1.82) is 0 Å². The van der Waals surface area contributed by atoms with Crippen LogP contribution in [0.25, 0.3) is 0 Å². The van der Waals surface area contributed by atoms with Gasteiger partial charge in [0.2, 0.25) is 0 Å². The smallest absolute Gasteiger partial charge is 0.257 e. The van der Waals surface area contributed by atoms with Crippen LogP contribution in [-0.2, 0) is 9.68 Å². The average molecular weight is 263 g/mol. The SMILES string of the molecule is CC(C)(C)ON1OC(C)(C)CC1([N+](=O)[O-])[N+](=O)[O-]. The van der Waals surface area contributed by atoms with Crippen LogP contribution in [0.1, 0.15) is 41.0 Å². The number of hydrogen-bond donors (Lipinski definition) is 0. The van der Waals surface area contributed by atoms with Crippen LogP contribution in [0.5, 0.6) is 0 Å². The molecule has 1 rings (SSSR count). The first-order chi connectivity index (χ1) is 7.91. The third kappa shape index (κ3) is 2.57. The highest BCUT2D eigenvalue weighted by atomic mass is 17.0. The first-order valence-corrected chi connectivity index (χ1v) is 5.38. The Balaban J connectivity index is 3.19. The normalized spacial score (nSPS) is 22.9. The van der Waals surface area contributed by atoms with Crippen molar-refractivity contribution in [2.24, 2.45) is 0 Å². The van der Waals surface area contributed by atoms with Crippen molar-refractivity contribution in [3.05, 3.63) is 20.2 Å². The van der Waals surface area contributed by atoms with E-state index in [9.17, 15) is 20.2 Å². The minimum absolute atomic E-state index is 0.407. The number of nitrogens with zero attached hydrogens (tertiary/aromatic N) is 3. The zero-order chi connectivity index (χ0) is 14.4. The highest BCUT2D eigenvalue weighted by molar-refractivity contribution is 4.82. The van der Waals surface area contributed by atoms with E-state index in [4.69, 9.17) is 9.68 Å². The summed E-state index contributed by atoms with van der Waals surface area (Å²) in [5.74, 6) is -2.61. The van der Waals surface area contributed by atoms with Gasteiger partial charge in [-0.25, -0.2) is 0 Å². The van der Waals surface area contributed by atoms with E-state index in [2.05, 4.69) is 0 Å². The fourth-order valence-corrected chi connectivity index (χ4v) is 1.64. The second kappa shape index (κ2) is 4.11. The highest BCUT2D eigenvalue weighted by Crippen LogP contribution is 2.40. The fraction of sp³-hybridized carbons (Fsp3) is 1.00. The van der Waals surface area contributed by atoms with Gasteiger partial charge in [0, 0.05) is 0 Å². The molecule has 1 saturated heterocycles. The Kier molecular flexibility index (Phi) is 3.36. The summed E-state index contributed by atoms with van der Waals surface area (Å²) in [5.41, 5.74) is -1.90. The Morgan fingerprint density at radius 1 is 1.22 bits per heavy atom. The number of hydroxylamine groups is 2. The van der Waals surface area contributed by atoms with E-state index in [-0.39, 0.29) is 0 Å². The average Bonchev–Trinajstić information content (AvgIpc) is 2.34. The Labute approximate surface area is 104 Å². The lowest BCUT2D eigenvalue weighted by Gasteiger charge is -2.27. The van der Waals surface area contributed by atoms with E-state index < -0.39 is 33.3 Å². The summed E-state index contributed by atoms with van der Waals surface area (Å²) in [5, 5.41) is 22.6. The van der Waals surface area contributed by atoms with Crippen LogP contribution in [-0.4, -0.2) is 32.1 Å².